The van der Waals surface area contributed by atoms with E-state index in [-0.39, 0.29) is 17.1 Å². The predicted octanol–water partition coefficient (Wildman–Crippen LogP) is -0.00243. The Bertz CT molecular complexity index is 205. The van der Waals surface area contributed by atoms with Crippen LogP contribution < -0.4 is 11.3 Å². The Labute approximate surface area is 63.7 Å². The van der Waals surface area contributed by atoms with Crippen LogP contribution in [0.25, 0.3) is 0 Å². The topological polar surface area (TPSA) is 105 Å². The van der Waals surface area contributed by atoms with Crippen LogP contribution in [-0.2, 0) is 0 Å². The van der Waals surface area contributed by atoms with E-state index in [4.69, 9.17) is 11.3 Å². The summed E-state index contributed by atoms with van der Waals surface area (Å²) < 4.78 is 0. The van der Waals surface area contributed by atoms with Gasteiger partial charge in [0.15, 0.2) is 0 Å². The van der Waals surface area contributed by atoms with E-state index in [9.17, 15) is 10.1 Å². The molecule has 0 atom stereocenters. The zero-order valence-corrected chi connectivity index (χ0v) is 6.34. The number of nitro groups is 1. The van der Waals surface area contributed by atoms with Gasteiger partial charge in [0.25, 0.3) is 0 Å². The van der Waals surface area contributed by atoms with E-state index < -0.39 is 4.92 Å². The second-order valence-corrected chi connectivity index (χ2v) is 2.00. The van der Waals surface area contributed by atoms with Crippen molar-refractivity contribution in [3.63, 3.8) is 0 Å². The Morgan fingerprint density at radius 1 is 1.64 bits per heavy atom. The second kappa shape index (κ2) is 3.67. The van der Waals surface area contributed by atoms with Crippen LogP contribution in [0.3, 0.4) is 0 Å². The molecule has 0 aliphatic heterocycles. The molecule has 0 heterocycles. The monoisotopic (exact) mass is 158 g/mol. The molecule has 4 N–H and O–H groups in total. The fourth-order valence-corrected chi connectivity index (χ4v) is 0.623. The Kier molecular flexibility index (Phi) is 3.19. The van der Waals surface area contributed by atoms with Crippen LogP contribution in [0.5, 0.6) is 0 Å². The van der Waals surface area contributed by atoms with E-state index in [1.165, 1.54) is 13.8 Å². The molecule has 0 saturated heterocycles. The quantitative estimate of drug-likeness (QED) is 0.232. The summed E-state index contributed by atoms with van der Waals surface area (Å²) in [6.45, 7) is 2.77. The minimum atomic E-state index is -0.641. The molecular formula is C5H10N4O2. The highest BCUT2D eigenvalue weighted by atomic mass is 16.6. The number of allylic oxidation sites excluding steroid dienone is 2. The van der Waals surface area contributed by atoms with Crippen LogP contribution in [-0.4, -0.2) is 10.6 Å². The molecule has 0 aromatic heterocycles. The van der Waals surface area contributed by atoms with Gasteiger partial charge in [0.1, 0.15) is 11.4 Å². The van der Waals surface area contributed by atoms with Crippen molar-refractivity contribution in [2.45, 2.75) is 13.8 Å². The zero-order valence-electron chi connectivity index (χ0n) is 6.34. The molecule has 0 rings (SSSR count). The molecule has 0 amide bonds. The van der Waals surface area contributed by atoms with Gasteiger partial charge in [-0.2, -0.15) is 0 Å². The maximum absolute atomic E-state index is 10.3. The van der Waals surface area contributed by atoms with E-state index in [0.717, 1.165) is 0 Å². The molecule has 62 valence electrons. The van der Waals surface area contributed by atoms with Gasteiger partial charge in [0.2, 0.25) is 0 Å². The minimum Gasteiger partial charge on any atom is -0.322 e. The van der Waals surface area contributed by atoms with Gasteiger partial charge in [-0.3, -0.25) is 21.4 Å². The van der Waals surface area contributed by atoms with Gasteiger partial charge < -0.3 is 5.43 Å². The van der Waals surface area contributed by atoms with E-state index in [2.05, 4.69) is 5.43 Å². The van der Waals surface area contributed by atoms with E-state index in [1.54, 1.807) is 0 Å². The SMILES string of the molecule is CC(=N)/C(=C(/C)NN)[N+](=O)[O-]. The molecule has 0 unspecified atom stereocenters. The van der Waals surface area contributed by atoms with Gasteiger partial charge in [0, 0.05) is 0 Å². The molecule has 6 heteroatoms. The van der Waals surface area contributed by atoms with Crippen molar-refractivity contribution in [2.24, 2.45) is 5.84 Å². The highest BCUT2D eigenvalue weighted by Gasteiger charge is 2.16. The fraction of sp³-hybridized carbons (Fsp3) is 0.400. The van der Waals surface area contributed by atoms with Gasteiger partial charge in [-0.15, -0.1) is 0 Å². The third-order valence-electron chi connectivity index (χ3n) is 1.11. The van der Waals surface area contributed by atoms with Crippen molar-refractivity contribution >= 4 is 5.71 Å². The van der Waals surface area contributed by atoms with E-state index in [1.807, 2.05) is 0 Å². The highest BCUT2D eigenvalue weighted by molar-refractivity contribution is 5.93. The Morgan fingerprint density at radius 2 is 2.09 bits per heavy atom. The Hall–Kier alpha value is -1.43. The molecule has 0 fully saturated rings. The summed E-state index contributed by atoms with van der Waals surface area (Å²) in [5.74, 6) is 4.94. The number of hydrogen-bond acceptors (Lipinski definition) is 5. The summed E-state index contributed by atoms with van der Waals surface area (Å²) in [5.41, 5.74) is 1.90. The van der Waals surface area contributed by atoms with Crippen molar-refractivity contribution in [2.75, 3.05) is 0 Å². The molecule has 0 radical (unpaired) electrons. The summed E-state index contributed by atoms with van der Waals surface area (Å²) >= 11 is 0. The highest BCUT2D eigenvalue weighted by Crippen LogP contribution is 2.01. The Balaban J connectivity index is 4.88. The molecule has 6 nitrogen and oxygen atoms in total. The molecule has 0 aliphatic rings. The summed E-state index contributed by atoms with van der Waals surface area (Å²) in [7, 11) is 0. The standard InChI is InChI=1S/C5H10N4O2/c1-3(6)5(9(10)11)4(2)8-7/h6,8H,7H2,1-2H3/b5-4+,6-3?. The first-order valence-electron chi connectivity index (χ1n) is 2.88. The Morgan fingerprint density at radius 3 is 2.18 bits per heavy atom. The van der Waals surface area contributed by atoms with Crippen LogP contribution >= 0.6 is 0 Å². The van der Waals surface area contributed by atoms with Crippen LogP contribution in [0.4, 0.5) is 0 Å². The molecule has 0 bridgehead atoms. The molecule has 0 aliphatic carbocycles. The third-order valence-corrected chi connectivity index (χ3v) is 1.11. The second-order valence-electron chi connectivity index (χ2n) is 2.00. The van der Waals surface area contributed by atoms with Crippen molar-refractivity contribution in [3.05, 3.63) is 21.5 Å². The van der Waals surface area contributed by atoms with Crippen LogP contribution in [0.1, 0.15) is 13.8 Å². The summed E-state index contributed by atoms with van der Waals surface area (Å²) in [6, 6.07) is 0. The first-order chi connectivity index (χ1) is 5.00. The molecule has 0 spiro atoms. The number of rotatable bonds is 3. The molecule has 0 saturated carbocycles. The normalized spacial score (nSPS) is 11.9. The summed E-state index contributed by atoms with van der Waals surface area (Å²) in [5, 5.41) is 17.3. The fourth-order valence-electron chi connectivity index (χ4n) is 0.623. The van der Waals surface area contributed by atoms with E-state index in [0.29, 0.717) is 0 Å². The minimum absolute atomic E-state index is 0.120. The lowest BCUT2D eigenvalue weighted by atomic mass is 10.2. The predicted molar refractivity (Wildman–Crippen MR) is 40.4 cm³/mol. The van der Waals surface area contributed by atoms with Crippen molar-refractivity contribution in [3.8, 4) is 0 Å². The first-order valence-corrected chi connectivity index (χ1v) is 2.88. The molecular weight excluding hydrogens is 148 g/mol. The lowest BCUT2D eigenvalue weighted by Gasteiger charge is -2.00. The summed E-state index contributed by atoms with van der Waals surface area (Å²) in [4.78, 5) is 9.61. The number of nitrogens with one attached hydrogen (secondary N) is 2. The van der Waals surface area contributed by atoms with Crippen molar-refractivity contribution in [1.29, 1.82) is 5.41 Å². The third kappa shape index (κ3) is 2.34. The van der Waals surface area contributed by atoms with E-state index >= 15 is 0 Å². The lowest BCUT2D eigenvalue weighted by Crippen LogP contribution is -2.24. The average Bonchev–Trinajstić information content (AvgIpc) is 1.85. The number of hydrogen-bond donors (Lipinski definition) is 3. The maximum atomic E-state index is 10.3. The van der Waals surface area contributed by atoms with Gasteiger partial charge in [-0.25, -0.2) is 0 Å². The molecule has 0 aromatic rings. The largest absolute Gasteiger partial charge is 0.322 e. The molecule has 11 heavy (non-hydrogen) atoms. The van der Waals surface area contributed by atoms with Crippen molar-refractivity contribution < 1.29 is 4.92 Å². The smallest absolute Gasteiger partial charge is 0.309 e. The molecule has 0 aromatic carbocycles. The number of hydrazine groups is 1. The van der Waals surface area contributed by atoms with Gasteiger partial charge in [-0.1, -0.05) is 0 Å². The van der Waals surface area contributed by atoms with Gasteiger partial charge >= 0.3 is 5.70 Å². The van der Waals surface area contributed by atoms with Gasteiger partial charge in [-0.05, 0) is 13.8 Å². The van der Waals surface area contributed by atoms with Crippen molar-refractivity contribution in [1.82, 2.24) is 5.43 Å². The van der Waals surface area contributed by atoms with Crippen LogP contribution in [0.15, 0.2) is 11.4 Å². The van der Waals surface area contributed by atoms with Gasteiger partial charge in [0.05, 0.1) is 4.92 Å². The lowest BCUT2D eigenvalue weighted by molar-refractivity contribution is -0.416. The zero-order chi connectivity index (χ0) is 9.02. The maximum Gasteiger partial charge on any atom is 0.309 e. The average molecular weight is 158 g/mol. The van der Waals surface area contributed by atoms with Crippen LogP contribution in [0.2, 0.25) is 0 Å². The summed E-state index contributed by atoms with van der Waals surface area (Å²) in [6.07, 6.45) is 0. The number of nitrogens with zero attached hydrogens (tertiary/aromatic N) is 1. The van der Waals surface area contributed by atoms with Crippen LogP contribution in [0, 0.1) is 15.5 Å². The number of nitrogens with two attached hydrogens (primary N) is 1. The first kappa shape index (κ1) is 9.57.